The van der Waals surface area contributed by atoms with Gasteiger partial charge in [-0.1, -0.05) is 13.8 Å². The maximum atomic E-state index is 11.1. The highest BCUT2D eigenvalue weighted by Gasteiger charge is 2.34. The number of nitrogens with zero attached hydrogens (tertiary/aromatic N) is 2. The molecule has 0 spiro atoms. The van der Waals surface area contributed by atoms with Gasteiger partial charge in [-0.05, 0) is 39.4 Å². The fourth-order valence-electron chi connectivity index (χ4n) is 2.45. The smallest absolute Gasteiger partial charge is 0.320 e. The highest BCUT2D eigenvalue weighted by Crippen LogP contribution is 2.22. The first-order valence-corrected chi connectivity index (χ1v) is 6.27. The lowest BCUT2D eigenvalue weighted by Gasteiger charge is -2.33. The van der Waals surface area contributed by atoms with Crippen LogP contribution in [-0.2, 0) is 4.79 Å². The normalized spacial score (nSPS) is 23.9. The Labute approximate surface area is 98.2 Å². The summed E-state index contributed by atoms with van der Waals surface area (Å²) in [7, 11) is 2.09. The lowest BCUT2D eigenvalue weighted by molar-refractivity contribution is -0.143. The van der Waals surface area contributed by atoms with Gasteiger partial charge in [-0.15, -0.1) is 0 Å². The second-order valence-corrected chi connectivity index (χ2v) is 4.65. The summed E-state index contributed by atoms with van der Waals surface area (Å²) in [5.41, 5.74) is 0. The van der Waals surface area contributed by atoms with Crippen molar-refractivity contribution in [2.45, 2.75) is 45.2 Å². The van der Waals surface area contributed by atoms with E-state index < -0.39 is 5.97 Å². The molecule has 0 radical (unpaired) electrons. The quantitative estimate of drug-likeness (QED) is 0.743. The summed E-state index contributed by atoms with van der Waals surface area (Å²) >= 11 is 0. The molecule has 0 aliphatic carbocycles. The molecule has 0 amide bonds. The van der Waals surface area contributed by atoms with E-state index >= 15 is 0 Å². The van der Waals surface area contributed by atoms with Crippen LogP contribution in [0.15, 0.2) is 0 Å². The molecule has 4 nitrogen and oxygen atoms in total. The molecule has 94 valence electrons. The van der Waals surface area contributed by atoms with E-state index in [2.05, 4.69) is 30.7 Å². The average Bonchev–Trinajstić information content (AvgIpc) is 2.74. The highest BCUT2D eigenvalue weighted by molar-refractivity contribution is 5.73. The molecule has 1 fully saturated rings. The molecule has 1 aliphatic rings. The summed E-state index contributed by atoms with van der Waals surface area (Å²) in [4.78, 5) is 15.6. The minimum Gasteiger partial charge on any atom is -0.480 e. The van der Waals surface area contributed by atoms with Gasteiger partial charge in [-0.3, -0.25) is 9.69 Å². The predicted molar refractivity (Wildman–Crippen MR) is 64.6 cm³/mol. The Morgan fingerprint density at radius 3 is 2.75 bits per heavy atom. The van der Waals surface area contributed by atoms with E-state index in [-0.39, 0.29) is 6.04 Å². The molecule has 1 N–H and O–H groups in total. The zero-order valence-electron chi connectivity index (χ0n) is 10.6. The summed E-state index contributed by atoms with van der Waals surface area (Å²) in [5, 5.41) is 9.16. The number of aliphatic carboxylic acids is 1. The Bertz CT molecular complexity index is 233. The molecule has 1 rings (SSSR count). The molecule has 0 aromatic rings. The van der Waals surface area contributed by atoms with Gasteiger partial charge in [0, 0.05) is 12.6 Å². The predicted octanol–water partition coefficient (Wildman–Crippen LogP) is 1.27. The molecule has 2 unspecified atom stereocenters. The Kier molecular flexibility index (Phi) is 5.22. The molecular formula is C12H24N2O2. The lowest BCUT2D eigenvalue weighted by atomic mass is 10.1. The van der Waals surface area contributed by atoms with Gasteiger partial charge in [0.25, 0.3) is 0 Å². The summed E-state index contributed by atoms with van der Waals surface area (Å²) in [5.74, 6) is -0.657. The van der Waals surface area contributed by atoms with E-state index in [1.165, 1.54) is 0 Å². The molecule has 1 heterocycles. The van der Waals surface area contributed by atoms with Crippen LogP contribution in [0.5, 0.6) is 0 Å². The maximum absolute atomic E-state index is 11.1. The van der Waals surface area contributed by atoms with Crippen LogP contribution in [-0.4, -0.2) is 59.6 Å². The highest BCUT2D eigenvalue weighted by atomic mass is 16.4. The minimum absolute atomic E-state index is 0.254. The number of carboxylic acid groups (broad SMARTS) is 1. The number of likely N-dealkylation sites (N-methyl/N-ethyl adjacent to an activating group) is 1. The topological polar surface area (TPSA) is 43.8 Å². The zero-order valence-corrected chi connectivity index (χ0v) is 10.6. The monoisotopic (exact) mass is 228 g/mol. The van der Waals surface area contributed by atoms with Crippen molar-refractivity contribution in [2.75, 3.05) is 26.7 Å². The fraction of sp³-hybridized carbons (Fsp3) is 0.917. The molecule has 1 saturated heterocycles. The van der Waals surface area contributed by atoms with Crippen LogP contribution in [0.2, 0.25) is 0 Å². The first-order valence-electron chi connectivity index (χ1n) is 6.27. The van der Waals surface area contributed by atoms with Crippen LogP contribution in [0.25, 0.3) is 0 Å². The van der Waals surface area contributed by atoms with Crippen molar-refractivity contribution < 1.29 is 9.90 Å². The van der Waals surface area contributed by atoms with E-state index in [1.54, 1.807) is 0 Å². The van der Waals surface area contributed by atoms with E-state index in [0.29, 0.717) is 6.04 Å². The van der Waals surface area contributed by atoms with E-state index in [9.17, 15) is 4.79 Å². The van der Waals surface area contributed by atoms with Crippen molar-refractivity contribution in [3.8, 4) is 0 Å². The Morgan fingerprint density at radius 1 is 1.56 bits per heavy atom. The van der Waals surface area contributed by atoms with Crippen molar-refractivity contribution in [3.63, 3.8) is 0 Å². The molecule has 1 aliphatic heterocycles. The van der Waals surface area contributed by atoms with E-state index in [4.69, 9.17) is 5.11 Å². The number of hydrogen-bond donors (Lipinski definition) is 1. The molecule has 0 saturated carbocycles. The van der Waals surface area contributed by atoms with Crippen LogP contribution < -0.4 is 0 Å². The summed E-state index contributed by atoms with van der Waals surface area (Å²) in [6.45, 7) is 7.20. The van der Waals surface area contributed by atoms with Crippen LogP contribution in [0.3, 0.4) is 0 Å². The number of likely N-dealkylation sites (tertiary alicyclic amines) is 1. The third kappa shape index (κ3) is 3.19. The fourth-order valence-corrected chi connectivity index (χ4v) is 2.45. The van der Waals surface area contributed by atoms with Gasteiger partial charge in [0.2, 0.25) is 0 Å². The van der Waals surface area contributed by atoms with Gasteiger partial charge in [-0.2, -0.15) is 0 Å². The zero-order chi connectivity index (χ0) is 12.1. The second-order valence-electron chi connectivity index (χ2n) is 4.65. The summed E-state index contributed by atoms with van der Waals surface area (Å²) in [6.07, 6.45) is 2.85. The number of carboxylic acids is 1. The first kappa shape index (κ1) is 13.5. The third-order valence-electron chi connectivity index (χ3n) is 3.58. The second kappa shape index (κ2) is 6.21. The Hall–Kier alpha value is -0.610. The standard InChI is InChI=1S/C12H24N2O2/c1-4-10(9-13(3)5-2)14-8-6-7-11(14)12(15)16/h10-11H,4-9H2,1-3H3,(H,15,16). The van der Waals surface area contributed by atoms with Crippen molar-refractivity contribution in [1.82, 2.24) is 9.80 Å². The third-order valence-corrected chi connectivity index (χ3v) is 3.58. The van der Waals surface area contributed by atoms with Gasteiger partial charge in [0.05, 0.1) is 0 Å². The van der Waals surface area contributed by atoms with Crippen molar-refractivity contribution >= 4 is 5.97 Å². The lowest BCUT2D eigenvalue weighted by Crippen LogP contribution is -2.47. The van der Waals surface area contributed by atoms with Crippen molar-refractivity contribution in [3.05, 3.63) is 0 Å². The van der Waals surface area contributed by atoms with Gasteiger partial charge in [0.15, 0.2) is 0 Å². The van der Waals surface area contributed by atoms with Gasteiger partial charge < -0.3 is 10.0 Å². The van der Waals surface area contributed by atoms with Crippen LogP contribution in [0, 0.1) is 0 Å². The molecule has 4 heteroatoms. The van der Waals surface area contributed by atoms with Crippen molar-refractivity contribution in [1.29, 1.82) is 0 Å². The molecule has 0 aromatic carbocycles. The van der Waals surface area contributed by atoms with Crippen molar-refractivity contribution in [2.24, 2.45) is 0 Å². The molecule has 16 heavy (non-hydrogen) atoms. The summed E-state index contributed by atoms with van der Waals surface area (Å²) in [6, 6.07) is 0.128. The average molecular weight is 228 g/mol. The SMILES string of the molecule is CCC(CN(C)CC)N1CCCC1C(=O)O. The summed E-state index contributed by atoms with van der Waals surface area (Å²) < 4.78 is 0. The molecule has 2 atom stereocenters. The first-order chi connectivity index (χ1) is 7.60. The maximum Gasteiger partial charge on any atom is 0.320 e. The number of rotatable bonds is 6. The van der Waals surface area contributed by atoms with Crippen LogP contribution >= 0.6 is 0 Å². The van der Waals surface area contributed by atoms with Gasteiger partial charge in [0.1, 0.15) is 6.04 Å². The Balaban J connectivity index is 2.60. The molecular weight excluding hydrogens is 204 g/mol. The van der Waals surface area contributed by atoms with E-state index in [1.807, 2.05) is 0 Å². The van der Waals surface area contributed by atoms with Crippen LogP contribution in [0.4, 0.5) is 0 Å². The molecule has 0 bridgehead atoms. The largest absolute Gasteiger partial charge is 0.480 e. The Morgan fingerprint density at radius 2 is 2.25 bits per heavy atom. The molecule has 0 aromatic heterocycles. The van der Waals surface area contributed by atoms with Gasteiger partial charge >= 0.3 is 5.97 Å². The minimum atomic E-state index is -0.657. The van der Waals surface area contributed by atoms with E-state index in [0.717, 1.165) is 38.9 Å². The van der Waals surface area contributed by atoms with Crippen LogP contribution in [0.1, 0.15) is 33.1 Å². The number of hydrogen-bond acceptors (Lipinski definition) is 3. The van der Waals surface area contributed by atoms with Gasteiger partial charge in [-0.25, -0.2) is 0 Å². The number of carbonyl (C=O) groups is 1.